The monoisotopic (exact) mass is 353 g/mol. The molecule has 0 heterocycles. The van der Waals surface area contributed by atoms with Crippen molar-refractivity contribution in [3.63, 3.8) is 0 Å². The van der Waals surface area contributed by atoms with Gasteiger partial charge in [0.2, 0.25) is 0 Å². The third-order valence-electron chi connectivity index (χ3n) is 2.89. The van der Waals surface area contributed by atoms with Crippen molar-refractivity contribution in [2.75, 3.05) is 26.9 Å². The van der Waals surface area contributed by atoms with Crippen molar-refractivity contribution in [1.29, 1.82) is 0 Å². The average Bonchev–Trinajstić information content (AvgIpc) is 2.54. The number of carbonyl (C=O) groups is 2. The van der Waals surface area contributed by atoms with Gasteiger partial charge in [0, 0.05) is 6.42 Å². The quantitative estimate of drug-likeness (QED) is 0.543. The predicted molar refractivity (Wildman–Crippen MR) is 92.9 cm³/mol. The molecular weight excluding hydrogens is 326 g/mol. The van der Waals surface area contributed by atoms with Gasteiger partial charge in [-0.25, -0.2) is 4.79 Å². The maximum atomic E-state index is 11.6. The largest absolute Gasteiger partial charge is 0.497 e. The van der Waals surface area contributed by atoms with Gasteiger partial charge in [-0.15, -0.1) is 0 Å². The van der Waals surface area contributed by atoms with Gasteiger partial charge in [-0.1, -0.05) is 0 Å². The van der Waals surface area contributed by atoms with E-state index >= 15 is 0 Å². The SMILES string of the molecule is COc1ccc(OCCCC(=O)OCCNC(=O)OC(C)(C)C)cc1. The van der Waals surface area contributed by atoms with E-state index in [1.54, 1.807) is 52.1 Å². The minimum atomic E-state index is -0.551. The highest BCUT2D eigenvalue weighted by Crippen LogP contribution is 2.17. The van der Waals surface area contributed by atoms with Crippen LogP contribution < -0.4 is 14.8 Å². The fourth-order valence-electron chi connectivity index (χ4n) is 1.78. The Balaban J connectivity index is 2.06. The zero-order chi connectivity index (χ0) is 18.7. The first-order valence-electron chi connectivity index (χ1n) is 8.19. The number of hydrogen-bond acceptors (Lipinski definition) is 6. The number of carbonyl (C=O) groups excluding carboxylic acids is 2. The van der Waals surface area contributed by atoms with Crippen molar-refractivity contribution in [1.82, 2.24) is 5.32 Å². The lowest BCUT2D eigenvalue weighted by molar-refractivity contribution is -0.143. The zero-order valence-electron chi connectivity index (χ0n) is 15.3. The molecule has 7 nitrogen and oxygen atoms in total. The second kappa shape index (κ2) is 10.4. The third kappa shape index (κ3) is 10.1. The molecule has 1 amide bonds. The molecule has 140 valence electrons. The molecule has 0 radical (unpaired) electrons. The number of esters is 1. The Morgan fingerprint density at radius 2 is 1.68 bits per heavy atom. The smallest absolute Gasteiger partial charge is 0.407 e. The summed E-state index contributed by atoms with van der Waals surface area (Å²) in [6.07, 6.45) is 0.267. The Labute approximate surface area is 148 Å². The number of methoxy groups -OCH3 is 1. The van der Waals surface area contributed by atoms with E-state index in [1.807, 2.05) is 0 Å². The zero-order valence-corrected chi connectivity index (χ0v) is 15.3. The van der Waals surface area contributed by atoms with Crippen LogP contribution in [-0.2, 0) is 14.3 Å². The van der Waals surface area contributed by atoms with Crippen LogP contribution in [0.4, 0.5) is 4.79 Å². The molecule has 0 aliphatic heterocycles. The minimum Gasteiger partial charge on any atom is -0.497 e. The molecule has 1 aromatic carbocycles. The average molecular weight is 353 g/mol. The molecule has 0 fully saturated rings. The third-order valence-corrected chi connectivity index (χ3v) is 2.89. The normalized spacial score (nSPS) is 10.7. The molecule has 0 aliphatic rings. The molecule has 0 spiro atoms. The van der Waals surface area contributed by atoms with Crippen LogP contribution in [0.1, 0.15) is 33.6 Å². The van der Waals surface area contributed by atoms with Crippen molar-refractivity contribution in [3.05, 3.63) is 24.3 Å². The van der Waals surface area contributed by atoms with E-state index in [2.05, 4.69) is 5.32 Å². The van der Waals surface area contributed by atoms with Crippen LogP contribution in [0, 0.1) is 0 Å². The summed E-state index contributed by atoms with van der Waals surface area (Å²) in [7, 11) is 1.60. The molecule has 0 aliphatic carbocycles. The molecule has 0 unspecified atom stereocenters. The van der Waals surface area contributed by atoms with Crippen LogP contribution in [0.25, 0.3) is 0 Å². The standard InChI is InChI=1S/C18H27NO6/c1-18(2,3)25-17(21)19-11-13-24-16(20)6-5-12-23-15-9-7-14(22-4)8-10-15/h7-10H,5-6,11-13H2,1-4H3,(H,19,21). The summed E-state index contributed by atoms with van der Waals surface area (Å²) < 4.78 is 20.7. The van der Waals surface area contributed by atoms with E-state index in [1.165, 1.54) is 0 Å². The minimum absolute atomic E-state index is 0.109. The van der Waals surface area contributed by atoms with Crippen LogP contribution in [0.15, 0.2) is 24.3 Å². The van der Waals surface area contributed by atoms with E-state index in [0.29, 0.717) is 13.0 Å². The lowest BCUT2D eigenvalue weighted by Gasteiger charge is -2.19. The Morgan fingerprint density at radius 1 is 1.04 bits per heavy atom. The molecule has 0 saturated heterocycles. The summed E-state index contributed by atoms with van der Waals surface area (Å²) in [6, 6.07) is 7.22. The molecule has 0 atom stereocenters. The highest BCUT2D eigenvalue weighted by atomic mass is 16.6. The summed E-state index contributed by atoms with van der Waals surface area (Å²) in [5.41, 5.74) is -0.551. The van der Waals surface area contributed by atoms with Gasteiger partial charge < -0.3 is 24.3 Å². The van der Waals surface area contributed by atoms with Gasteiger partial charge in [0.25, 0.3) is 0 Å². The maximum absolute atomic E-state index is 11.6. The number of amides is 1. The molecule has 1 rings (SSSR count). The molecule has 0 saturated carbocycles. The van der Waals surface area contributed by atoms with Crippen LogP contribution in [-0.4, -0.2) is 44.5 Å². The number of nitrogens with one attached hydrogen (secondary N) is 1. The van der Waals surface area contributed by atoms with E-state index < -0.39 is 11.7 Å². The number of alkyl carbamates (subject to hydrolysis) is 1. The Kier molecular flexibility index (Phi) is 8.60. The Morgan fingerprint density at radius 3 is 2.28 bits per heavy atom. The molecule has 1 N–H and O–H groups in total. The Hall–Kier alpha value is -2.44. The summed E-state index contributed by atoms with van der Waals surface area (Å²) in [5, 5.41) is 2.52. The molecule has 1 aromatic rings. The fraction of sp³-hybridized carbons (Fsp3) is 0.556. The Bertz CT molecular complexity index is 535. The first-order valence-corrected chi connectivity index (χ1v) is 8.19. The van der Waals surface area contributed by atoms with Gasteiger partial charge >= 0.3 is 12.1 Å². The fourth-order valence-corrected chi connectivity index (χ4v) is 1.78. The lowest BCUT2D eigenvalue weighted by Crippen LogP contribution is -2.34. The van der Waals surface area contributed by atoms with E-state index in [-0.39, 0.29) is 25.5 Å². The van der Waals surface area contributed by atoms with Gasteiger partial charge in [-0.3, -0.25) is 4.79 Å². The van der Waals surface area contributed by atoms with Crippen LogP contribution in [0.2, 0.25) is 0 Å². The van der Waals surface area contributed by atoms with Gasteiger partial charge in [-0.2, -0.15) is 0 Å². The number of benzene rings is 1. The van der Waals surface area contributed by atoms with E-state index in [4.69, 9.17) is 18.9 Å². The van der Waals surface area contributed by atoms with Crippen LogP contribution in [0.3, 0.4) is 0 Å². The number of rotatable bonds is 9. The summed E-state index contributed by atoms with van der Waals surface area (Å²) in [6.45, 7) is 6.07. The first kappa shape index (κ1) is 20.6. The number of ether oxygens (including phenoxy) is 4. The van der Waals surface area contributed by atoms with Crippen molar-refractivity contribution in [3.8, 4) is 11.5 Å². The van der Waals surface area contributed by atoms with Crippen LogP contribution in [0.5, 0.6) is 11.5 Å². The highest BCUT2D eigenvalue weighted by Gasteiger charge is 2.15. The predicted octanol–water partition coefficient (Wildman–Crippen LogP) is 2.92. The molecular formula is C18H27NO6. The topological polar surface area (TPSA) is 83.1 Å². The summed E-state index contributed by atoms with van der Waals surface area (Å²) in [4.78, 5) is 23.0. The second-order valence-corrected chi connectivity index (χ2v) is 6.28. The van der Waals surface area contributed by atoms with Gasteiger partial charge in [0.15, 0.2) is 0 Å². The van der Waals surface area contributed by atoms with Crippen molar-refractivity contribution in [2.45, 2.75) is 39.2 Å². The summed E-state index contributed by atoms with van der Waals surface area (Å²) in [5.74, 6) is 1.15. The van der Waals surface area contributed by atoms with E-state index in [9.17, 15) is 9.59 Å². The second-order valence-electron chi connectivity index (χ2n) is 6.28. The first-order chi connectivity index (χ1) is 11.8. The maximum Gasteiger partial charge on any atom is 0.407 e. The lowest BCUT2D eigenvalue weighted by atomic mass is 10.2. The molecule has 0 aromatic heterocycles. The summed E-state index contributed by atoms with van der Waals surface area (Å²) >= 11 is 0. The van der Waals surface area contributed by atoms with Gasteiger partial charge in [0.1, 0.15) is 23.7 Å². The highest BCUT2D eigenvalue weighted by molar-refractivity contribution is 5.69. The van der Waals surface area contributed by atoms with E-state index in [0.717, 1.165) is 11.5 Å². The van der Waals surface area contributed by atoms with Crippen molar-refractivity contribution >= 4 is 12.1 Å². The molecule has 0 bridgehead atoms. The van der Waals surface area contributed by atoms with Crippen molar-refractivity contribution < 1.29 is 28.5 Å². The molecule has 25 heavy (non-hydrogen) atoms. The van der Waals surface area contributed by atoms with Gasteiger partial charge in [0.05, 0.1) is 20.3 Å². The van der Waals surface area contributed by atoms with Gasteiger partial charge in [-0.05, 0) is 51.5 Å². The molecule has 7 heteroatoms. The number of hydrogen-bond donors (Lipinski definition) is 1. The van der Waals surface area contributed by atoms with Crippen molar-refractivity contribution in [2.24, 2.45) is 0 Å². The van der Waals surface area contributed by atoms with Crippen LogP contribution >= 0.6 is 0 Å².